The van der Waals surface area contributed by atoms with Gasteiger partial charge in [-0.15, -0.1) is 0 Å². The van der Waals surface area contributed by atoms with Gasteiger partial charge in [0.25, 0.3) is 0 Å². The van der Waals surface area contributed by atoms with E-state index in [1.54, 1.807) is 11.9 Å². The van der Waals surface area contributed by atoms with Gasteiger partial charge in [-0.05, 0) is 19.8 Å². The molecule has 0 saturated heterocycles. The van der Waals surface area contributed by atoms with E-state index in [1.807, 2.05) is 6.92 Å². The third-order valence-corrected chi connectivity index (χ3v) is 2.65. The van der Waals surface area contributed by atoms with Gasteiger partial charge in [0.05, 0.1) is 6.54 Å². The summed E-state index contributed by atoms with van der Waals surface area (Å²) in [4.78, 5) is 24.3. The monoisotopic (exact) mass is 227 g/mol. The van der Waals surface area contributed by atoms with Gasteiger partial charge in [-0.3, -0.25) is 9.59 Å². The van der Waals surface area contributed by atoms with Gasteiger partial charge in [-0.1, -0.05) is 0 Å². The Bertz CT molecular complexity index is 252. The molecule has 16 heavy (non-hydrogen) atoms. The van der Waals surface area contributed by atoms with Crippen molar-refractivity contribution < 1.29 is 9.59 Å². The summed E-state index contributed by atoms with van der Waals surface area (Å²) >= 11 is 0. The van der Waals surface area contributed by atoms with Crippen LogP contribution in [0.5, 0.6) is 0 Å². The van der Waals surface area contributed by atoms with E-state index in [0.717, 1.165) is 12.8 Å². The van der Waals surface area contributed by atoms with Crippen LogP contribution in [-0.4, -0.2) is 49.4 Å². The summed E-state index contributed by atoms with van der Waals surface area (Å²) in [5.74, 6) is 0.136. The topological polar surface area (TPSA) is 61.4 Å². The predicted molar refractivity (Wildman–Crippen MR) is 62.0 cm³/mol. The van der Waals surface area contributed by atoms with Crippen molar-refractivity contribution in [2.75, 3.05) is 26.7 Å². The fourth-order valence-corrected chi connectivity index (χ4v) is 1.24. The number of nitrogens with zero attached hydrogens (tertiary/aromatic N) is 1. The Morgan fingerprint density at radius 3 is 2.62 bits per heavy atom. The van der Waals surface area contributed by atoms with E-state index in [0.29, 0.717) is 32.1 Å². The molecule has 5 nitrogen and oxygen atoms in total. The second-order valence-electron chi connectivity index (χ2n) is 4.18. The Balaban J connectivity index is 1.97. The highest BCUT2D eigenvalue weighted by molar-refractivity contribution is 5.78. The molecule has 0 aliphatic heterocycles. The van der Waals surface area contributed by atoms with E-state index < -0.39 is 0 Å². The van der Waals surface area contributed by atoms with E-state index in [2.05, 4.69) is 10.6 Å². The second kappa shape index (κ2) is 6.48. The molecular formula is C11H21N3O2. The lowest BCUT2D eigenvalue weighted by Crippen LogP contribution is -2.37. The van der Waals surface area contributed by atoms with Gasteiger partial charge in [0.15, 0.2) is 0 Å². The zero-order valence-corrected chi connectivity index (χ0v) is 10.1. The number of rotatable bonds is 7. The van der Waals surface area contributed by atoms with Crippen LogP contribution < -0.4 is 10.6 Å². The lowest BCUT2D eigenvalue weighted by molar-refractivity contribution is -0.129. The molecule has 0 spiro atoms. The maximum Gasteiger partial charge on any atom is 0.236 e. The van der Waals surface area contributed by atoms with Gasteiger partial charge in [0.2, 0.25) is 11.8 Å². The van der Waals surface area contributed by atoms with Gasteiger partial charge in [-0.25, -0.2) is 0 Å². The van der Waals surface area contributed by atoms with Crippen LogP contribution in [0, 0.1) is 0 Å². The minimum Gasteiger partial charge on any atom is -0.353 e. The summed E-state index contributed by atoms with van der Waals surface area (Å²) in [5.41, 5.74) is 0. The highest BCUT2D eigenvalue weighted by Crippen LogP contribution is 2.18. The summed E-state index contributed by atoms with van der Waals surface area (Å²) in [5, 5.41) is 5.87. The van der Waals surface area contributed by atoms with Crippen LogP contribution in [-0.2, 0) is 9.59 Å². The molecule has 1 fully saturated rings. The maximum atomic E-state index is 11.4. The summed E-state index contributed by atoms with van der Waals surface area (Å²) in [6.45, 7) is 3.51. The van der Waals surface area contributed by atoms with Gasteiger partial charge < -0.3 is 15.5 Å². The lowest BCUT2D eigenvalue weighted by atomic mass is 10.4. The lowest BCUT2D eigenvalue weighted by Gasteiger charge is -2.14. The fourth-order valence-electron chi connectivity index (χ4n) is 1.24. The van der Waals surface area contributed by atoms with E-state index in [9.17, 15) is 9.59 Å². The van der Waals surface area contributed by atoms with Crippen molar-refractivity contribution in [1.82, 2.24) is 15.5 Å². The molecule has 5 heteroatoms. The molecule has 0 bridgehead atoms. The van der Waals surface area contributed by atoms with Gasteiger partial charge >= 0.3 is 0 Å². The number of nitrogens with one attached hydrogen (secondary N) is 2. The van der Waals surface area contributed by atoms with Crippen LogP contribution in [0.4, 0.5) is 0 Å². The van der Waals surface area contributed by atoms with Crippen molar-refractivity contribution in [3.63, 3.8) is 0 Å². The highest BCUT2D eigenvalue weighted by atomic mass is 16.2. The first kappa shape index (κ1) is 13.0. The molecule has 0 aromatic heterocycles. The number of carbonyl (C=O) groups is 2. The summed E-state index contributed by atoms with van der Waals surface area (Å²) in [6.07, 6.45) is 2.66. The molecule has 2 amide bonds. The molecule has 0 aromatic rings. The molecule has 0 aromatic carbocycles. The van der Waals surface area contributed by atoms with Gasteiger partial charge in [0.1, 0.15) is 0 Å². The molecule has 0 heterocycles. The normalized spacial score (nSPS) is 14.6. The third-order valence-electron chi connectivity index (χ3n) is 2.65. The summed E-state index contributed by atoms with van der Waals surface area (Å²) < 4.78 is 0. The van der Waals surface area contributed by atoms with E-state index in [-0.39, 0.29) is 11.8 Å². The minimum absolute atomic E-state index is 0.0603. The minimum atomic E-state index is 0.0603. The Morgan fingerprint density at radius 1 is 1.38 bits per heavy atom. The number of hydrogen-bond acceptors (Lipinski definition) is 3. The first-order valence-electron chi connectivity index (χ1n) is 5.87. The average molecular weight is 227 g/mol. The molecular weight excluding hydrogens is 206 g/mol. The van der Waals surface area contributed by atoms with Crippen LogP contribution >= 0.6 is 0 Å². The zero-order valence-electron chi connectivity index (χ0n) is 10.1. The van der Waals surface area contributed by atoms with Crippen LogP contribution in [0.2, 0.25) is 0 Å². The maximum absolute atomic E-state index is 11.4. The predicted octanol–water partition coefficient (Wildman–Crippen LogP) is -0.277. The van der Waals surface area contributed by atoms with Gasteiger partial charge in [-0.2, -0.15) is 0 Å². The van der Waals surface area contributed by atoms with Crippen molar-refractivity contribution in [3.05, 3.63) is 0 Å². The first-order chi connectivity index (χ1) is 7.63. The molecule has 0 unspecified atom stereocenters. The van der Waals surface area contributed by atoms with Crippen molar-refractivity contribution in [3.8, 4) is 0 Å². The smallest absolute Gasteiger partial charge is 0.236 e. The van der Waals surface area contributed by atoms with E-state index in [4.69, 9.17) is 0 Å². The number of hydrogen-bond donors (Lipinski definition) is 2. The standard InChI is InChI=1S/C11H21N3O2/c1-3-14(2)11(16)8-12-7-6-10(15)13-9-4-5-9/h9,12H,3-8H2,1-2H3,(H,13,15). The van der Waals surface area contributed by atoms with Crippen LogP contribution in [0.3, 0.4) is 0 Å². The molecule has 1 aliphatic rings. The van der Waals surface area contributed by atoms with Crippen molar-refractivity contribution in [2.45, 2.75) is 32.2 Å². The van der Waals surface area contributed by atoms with E-state index in [1.165, 1.54) is 0 Å². The molecule has 1 saturated carbocycles. The Hall–Kier alpha value is -1.10. The van der Waals surface area contributed by atoms with Crippen LogP contribution in [0.15, 0.2) is 0 Å². The molecule has 0 radical (unpaired) electrons. The summed E-state index contributed by atoms with van der Waals surface area (Å²) in [6, 6.07) is 0.417. The fraction of sp³-hybridized carbons (Fsp3) is 0.818. The Labute approximate surface area is 96.6 Å². The average Bonchev–Trinajstić information content (AvgIpc) is 3.06. The van der Waals surface area contributed by atoms with Crippen molar-refractivity contribution in [2.24, 2.45) is 0 Å². The third kappa shape index (κ3) is 5.11. The molecule has 2 N–H and O–H groups in total. The summed E-state index contributed by atoms with van der Waals surface area (Å²) in [7, 11) is 1.77. The number of likely N-dealkylation sites (N-methyl/N-ethyl adjacent to an activating group) is 1. The van der Waals surface area contributed by atoms with Crippen LogP contribution in [0.1, 0.15) is 26.2 Å². The Morgan fingerprint density at radius 2 is 2.06 bits per heavy atom. The van der Waals surface area contributed by atoms with Crippen molar-refractivity contribution in [1.29, 1.82) is 0 Å². The highest BCUT2D eigenvalue weighted by Gasteiger charge is 2.22. The molecule has 92 valence electrons. The number of amides is 2. The SMILES string of the molecule is CCN(C)C(=O)CNCCC(=O)NC1CC1. The molecule has 1 aliphatic carbocycles. The first-order valence-corrected chi connectivity index (χ1v) is 5.87. The second-order valence-corrected chi connectivity index (χ2v) is 4.18. The largest absolute Gasteiger partial charge is 0.353 e. The zero-order chi connectivity index (χ0) is 12.0. The Kier molecular flexibility index (Phi) is 5.25. The number of carbonyl (C=O) groups excluding carboxylic acids is 2. The van der Waals surface area contributed by atoms with E-state index >= 15 is 0 Å². The van der Waals surface area contributed by atoms with Gasteiger partial charge in [0, 0.05) is 32.6 Å². The molecule has 0 atom stereocenters. The van der Waals surface area contributed by atoms with Crippen LogP contribution in [0.25, 0.3) is 0 Å². The molecule has 1 rings (SSSR count). The quantitative estimate of drug-likeness (QED) is 0.588. The van der Waals surface area contributed by atoms with Crippen molar-refractivity contribution >= 4 is 11.8 Å².